The van der Waals surface area contributed by atoms with Gasteiger partial charge in [-0.2, -0.15) is 0 Å². The first-order chi connectivity index (χ1) is 10.0. The van der Waals surface area contributed by atoms with Crippen LogP contribution in [0.4, 0.5) is 5.69 Å². The van der Waals surface area contributed by atoms with Crippen LogP contribution in [0.3, 0.4) is 0 Å². The lowest BCUT2D eigenvalue weighted by atomic mass is 10.1. The Hall–Kier alpha value is -2.20. The molecule has 5 heteroatoms. The highest BCUT2D eigenvalue weighted by molar-refractivity contribution is 6.30. The van der Waals surface area contributed by atoms with E-state index in [-0.39, 0.29) is 11.9 Å². The SMILES string of the molecule is COc1cc(N)ccc1C(=O)NC(C)c1ccc(Cl)cc1. The van der Waals surface area contributed by atoms with Crippen LogP contribution in [0.15, 0.2) is 42.5 Å². The van der Waals surface area contributed by atoms with Crippen molar-refractivity contribution in [1.82, 2.24) is 5.32 Å². The number of halogens is 1. The van der Waals surface area contributed by atoms with Crippen molar-refractivity contribution in [3.05, 3.63) is 58.6 Å². The number of carbonyl (C=O) groups excluding carboxylic acids is 1. The van der Waals surface area contributed by atoms with E-state index in [1.807, 2.05) is 19.1 Å². The van der Waals surface area contributed by atoms with Crippen LogP contribution in [0, 0.1) is 0 Å². The number of carbonyl (C=O) groups is 1. The Labute approximate surface area is 128 Å². The lowest BCUT2D eigenvalue weighted by molar-refractivity contribution is 0.0937. The van der Waals surface area contributed by atoms with Gasteiger partial charge in [0.15, 0.2) is 0 Å². The fraction of sp³-hybridized carbons (Fsp3) is 0.188. The summed E-state index contributed by atoms with van der Waals surface area (Å²) in [6.45, 7) is 1.91. The molecule has 2 aromatic carbocycles. The normalized spacial score (nSPS) is 11.8. The summed E-state index contributed by atoms with van der Waals surface area (Å²) in [5.74, 6) is 0.241. The Morgan fingerprint density at radius 3 is 2.52 bits per heavy atom. The van der Waals surface area contributed by atoms with Crippen molar-refractivity contribution in [2.75, 3.05) is 12.8 Å². The number of ether oxygens (including phenoxy) is 1. The molecule has 1 atom stereocenters. The van der Waals surface area contributed by atoms with E-state index < -0.39 is 0 Å². The predicted molar refractivity (Wildman–Crippen MR) is 84.7 cm³/mol. The number of benzene rings is 2. The number of nitrogens with two attached hydrogens (primary N) is 1. The molecule has 0 saturated heterocycles. The maximum atomic E-state index is 12.3. The van der Waals surface area contributed by atoms with Gasteiger partial charge in [-0.05, 0) is 36.8 Å². The first kappa shape index (κ1) is 15.2. The molecule has 0 spiro atoms. The zero-order valence-corrected chi connectivity index (χ0v) is 12.6. The summed E-state index contributed by atoms with van der Waals surface area (Å²) < 4.78 is 5.19. The minimum Gasteiger partial charge on any atom is -0.496 e. The van der Waals surface area contributed by atoms with Crippen molar-refractivity contribution in [2.45, 2.75) is 13.0 Å². The topological polar surface area (TPSA) is 64.3 Å². The molecule has 2 rings (SSSR count). The number of nitrogens with one attached hydrogen (secondary N) is 1. The quantitative estimate of drug-likeness (QED) is 0.851. The van der Waals surface area contributed by atoms with Gasteiger partial charge < -0.3 is 15.8 Å². The first-order valence-electron chi connectivity index (χ1n) is 6.51. The van der Waals surface area contributed by atoms with E-state index in [9.17, 15) is 4.79 Å². The molecule has 0 bridgehead atoms. The summed E-state index contributed by atoms with van der Waals surface area (Å²) in [7, 11) is 1.51. The Kier molecular flexibility index (Phi) is 4.70. The second-order valence-corrected chi connectivity index (χ2v) is 5.14. The van der Waals surface area contributed by atoms with Crippen LogP contribution in [-0.4, -0.2) is 13.0 Å². The summed E-state index contributed by atoms with van der Waals surface area (Å²) in [5.41, 5.74) is 7.66. The first-order valence-corrected chi connectivity index (χ1v) is 6.89. The highest BCUT2D eigenvalue weighted by Gasteiger charge is 2.15. The Balaban J connectivity index is 2.16. The van der Waals surface area contributed by atoms with E-state index in [2.05, 4.69) is 5.32 Å². The molecule has 0 aromatic heterocycles. The molecule has 0 heterocycles. The number of anilines is 1. The van der Waals surface area contributed by atoms with Gasteiger partial charge in [-0.15, -0.1) is 0 Å². The number of hydrogen-bond acceptors (Lipinski definition) is 3. The standard InChI is InChI=1S/C16H17ClN2O2/c1-10(11-3-5-12(17)6-4-11)19-16(20)14-8-7-13(18)9-15(14)21-2/h3-10H,18H2,1-2H3,(H,19,20). The van der Waals surface area contributed by atoms with Crippen molar-refractivity contribution in [3.8, 4) is 5.75 Å². The summed E-state index contributed by atoms with van der Waals surface area (Å²) in [6.07, 6.45) is 0. The van der Waals surface area contributed by atoms with Crippen LogP contribution in [-0.2, 0) is 0 Å². The lowest BCUT2D eigenvalue weighted by Gasteiger charge is -2.16. The Bertz CT molecular complexity index is 641. The van der Waals surface area contributed by atoms with E-state index in [1.165, 1.54) is 7.11 Å². The second kappa shape index (κ2) is 6.50. The van der Waals surface area contributed by atoms with Crippen LogP contribution in [0.5, 0.6) is 5.75 Å². The third-order valence-corrected chi connectivity index (χ3v) is 3.44. The highest BCUT2D eigenvalue weighted by atomic mass is 35.5. The van der Waals surface area contributed by atoms with Crippen LogP contribution in [0.2, 0.25) is 5.02 Å². The smallest absolute Gasteiger partial charge is 0.255 e. The molecule has 2 aromatic rings. The zero-order chi connectivity index (χ0) is 15.4. The number of methoxy groups -OCH3 is 1. The van der Waals surface area contributed by atoms with E-state index in [1.54, 1.807) is 30.3 Å². The molecule has 21 heavy (non-hydrogen) atoms. The molecule has 1 unspecified atom stereocenters. The van der Waals surface area contributed by atoms with E-state index in [0.717, 1.165) is 5.56 Å². The van der Waals surface area contributed by atoms with Gasteiger partial charge in [0.25, 0.3) is 5.91 Å². The van der Waals surface area contributed by atoms with E-state index >= 15 is 0 Å². The third-order valence-electron chi connectivity index (χ3n) is 3.19. The van der Waals surface area contributed by atoms with Gasteiger partial charge in [-0.3, -0.25) is 4.79 Å². The van der Waals surface area contributed by atoms with Crippen LogP contribution in [0.1, 0.15) is 28.9 Å². The van der Waals surface area contributed by atoms with Gasteiger partial charge >= 0.3 is 0 Å². The van der Waals surface area contributed by atoms with Crippen molar-refractivity contribution in [3.63, 3.8) is 0 Å². The number of hydrogen-bond donors (Lipinski definition) is 2. The monoisotopic (exact) mass is 304 g/mol. The van der Waals surface area contributed by atoms with Crippen molar-refractivity contribution in [2.24, 2.45) is 0 Å². The van der Waals surface area contributed by atoms with Crippen LogP contribution < -0.4 is 15.8 Å². The van der Waals surface area contributed by atoms with Crippen LogP contribution in [0.25, 0.3) is 0 Å². The Morgan fingerprint density at radius 2 is 1.90 bits per heavy atom. The molecule has 0 radical (unpaired) electrons. The molecule has 3 N–H and O–H groups in total. The minimum atomic E-state index is -0.214. The van der Waals surface area contributed by atoms with Gasteiger partial charge in [-0.25, -0.2) is 0 Å². The van der Waals surface area contributed by atoms with Gasteiger partial charge in [0, 0.05) is 16.8 Å². The Morgan fingerprint density at radius 1 is 1.24 bits per heavy atom. The van der Waals surface area contributed by atoms with Gasteiger partial charge in [0.1, 0.15) is 5.75 Å². The highest BCUT2D eigenvalue weighted by Crippen LogP contribution is 2.23. The summed E-state index contributed by atoms with van der Waals surface area (Å²) in [4.78, 5) is 12.3. The minimum absolute atomic E-state index is 0.142. The molecular weight excluding hydrogens is 288 g/mol. The molecule has 4 nitrogen and oxygen atoms in total. The molecular formula is C16H17ClN2O2. The van der Waals surface area contributed by atoms with Crippen molar-refractivity contribution in [1.29, 1.82) is 0 Å². The van der Waals surface area contributed by atoms with Gasteiger partial charge in [0.2, 0.25) is 0 Å². The molecule has 0 aliphatic carbocycles. The van der Waals surface area contributed by atoms with Crippen molar-refractivity contribution >= 4 is 23.2 Å². The summed E-state index contributed by atoms with van der Waals surface area (Å²) >= 11 is 5.86. The fourth-order valence-electron chi connectivity index (χ4n) is 2.00. The predicted octanol–water partition coefficient (Wildman–Crippen LogP) is 3.42. The van der Waals surface area contributed by atoms with Crippen molar-refractivity contribution < 1.29 is 9.53 Å². The maximum absolute atomic E-state index is 12.3. The maximum Gasteiger partial charge on any atom is 0.255 e. The number of amides is 1. The van der Waals surface area contributed by atoms with E-state index in [4.69, 9.17) is 22.1 Å². The van der Waals surface area contributed by atoms with Crippen LogP contribution >= 0.6 is 11.6 Å². The fourth-order valence-corrected chi connectivity index (χ4v) is 2.13. The van der Waals surface area contributed by atoms with Gasteiger partial charge in [0.05, 0.1) is 18.7 Å². The second-order valence-electron chi connectivity index (χ2n) is 4.71. The lowest BCUT2D eigenvalue weighted by Crippen LogP contribution is -2.27. The summed E-state index contributed by atoms with van der Waals surface area (Å²) in [5, 5.41) is 3.59. The molecule has 110 valence electrons. The average Bonchev–Trinajstić information content (AvgIpc) is 2.47. The summed E-state index contributed by atoms with van der Waals surface area (Å²) in [6, 6.07) is 12.2. The molecule has 0 aliphatic heterocycles. The zero-order valence-electron chi connectivity index (χ0n) is 11.9. The number of rotatable bonds is 4. The largest absolute Gasteiger partial charge is 0.496 e. The van der Waals surface area contributed by atoms with Gasteiger partial charge in [-0.1, -0.05) is 23.7 Å². The molecule has 0 aliphatic rings. The number of nitrogen functional groups attached to an aromatic ring is 1. The molecule has 0 fully saturated rings. The van der Waals surface area contributed by atoms with E-state index in [0.29, 0.717) is 22.0 Å². The average molecular weight is 305 g/mol. The molecule has 0 saturated carbocycles. The molecule has 1 amide bonds. The third kappa shape index (κ3) is 3.67.